The number of carbonyl (C=O) groups excluding carboxylic acids is 1. The van der Waals surface area contributed by atoms with Crippen molar-refractivity contribution in [1.82, 2.24) is 5.32 Å². The van der Waals surface area contributed by atoms with Crippen molar-refractivity contribution in [2.75, 3.05) is 17.7 Å². The van der Waals surface area contributed by atoms with E-state index in [0.29, 0.717) is 0 Å². The van der Waals surface area contributed by atoms with Gasteiger partial charge in [0.25, 0.3) is 0 Å². The van der Waals surface area contributed by atoms with Gasteiger partial charge in [0.1, 0.15) is 0 Å². The minimum atomic E-state index is -0.239. The van der Waals surface area contributed by atoms with Crippen molar-refractivity contribution in [3.63, 3.8) is 0 Å². The van der Waals surface area contributed by atoms with E-state index in [1.807, 2.05) is 62.5 Å². The Bertz CT molecular complexity index is 579. The molecule has 0 saturated carbocycles. The maximum atomic E-state index is 11.9. The molecular formula is C16H19N3O. The molecular weight excluding hydrogens is 250 g/mol. The molecule has 104 valence electrons. The Morgan fingerprint density at radius 2 is 1.70 bits per heavy atom. The van der Waals surface area contributed by atoms with Gasteiger partial charge in [0.05, 0.1) is 0 Å². The summed E-state index contributed by atoms with van der Waals surface area (Å²) in [5, 5.41) is 8.70. The number of urea groups is 1. The molecule has 0 unspecified atom stereocenters. The second-order valence-corrected chi connectivity index (χ2v) is 4.68. The molecule has 0 heterocycles. The summed E-state index contributed by atoms with van der Waals surface area (Å²) >= 11 is 0. The molecule has 4 nitrogen and oxygen atoms in total. The van der Waals surface area contributed by atoms with Crippen molar-refractivity contribution >= 4 is 17.4 Å². The van der Waals surface area contributed by atoms with Gasteiger partial charge in [-0.15, -0.1) is 0 Å². The first-order chi connectivity index (χ1) is 9.67. The summed E-state index contributed by atoms with van der Waals surface area (Å²) in [6.45, 7) is 2.80. The van der Waals surface area contributed by atoms with Crippen LogP contribution in [0.4, 0.5) is 16.2 Å². The fourth-order valence-corrected chi connectivity index (χ4v) is 1.93. The van der Waals surface area contributed by atoms with Crippen molar-refractivity contribution in [3.8, 4) is 0 Å². The van der Waals surface area contributed by atoms with Crippen LogP contribution in [0, 0.1) is 6.92 Å². The largest absolute Gasteiger partial charge is 0.323 e. The molecule has 0 fully saturated rings. The smallest absolute Gasteiger partial charge is 0.316 e. The highest BCUT2D eigenvalue weighted by atomic mass is 16.2. The maximum Gasteiger partial charge on any atom is 0.323 e. The summed E-state index contributed by atoms with van der Waals surface area (Å²) in [7, 11) is 1.90. The normalized spacial score (nSPS) is 10.1. The lowest BCUT2D eigenvalue weighted by Gasteiger charge is -2.09. The average Bonchev–Trinajstić information content (AvgIpc) is 2.41. The van der Waals surface area contributed by atoms with Crippen molar-refractivity contribution in [1.29, 1.82) is 0 Å². The van der Waals surface area contributed by atoms with Gasteiger partial charge in [-0.2, -0.15) is 0 Å². The SMILES string of the molecule is CNCc1ccc(NC(=O)Nc2cccc(C)c2)cc1. The summed E-state index contributed by atoms with van der Waals surface area (Å²) in [6.07, 6.45) is 0. The summed E-state index contributed by atoms with van der Waals surface area (Å²) in [5.41, 5.74) is 3.85. The molecule has 20 heavy (non-hydrogen) atoms. The number of nitrogens with one attached hydrogen (secondary N) is 3. The number of benzene rings is 2. The third-order valence-electron chi connectivity index (χ3n) is 2.87. The van der Waals surface area contributed by atoms with E-state index < -0.39 is 0 Å². The molecule has 0 spiro atoms. The van der Waals surface area contributed by atoms with E-state index in [1.54, 1.807) is 0 Å². The maximum absolute atomic E-state index is 11.9. The lowest BCUT2D eigenvalue weighted by molar-refractivity contribution is 0.262. The quantitative estimate of drug-likeness (QED) is 0.797. The highest BCUT2D eigenvalue weighted by Crippen LogP contribution is 2.12. The Kier molecular flexibility index (Phi) is 4.74. The first-order valence-corrected chi connectivity index (χ1v) is 6.55. The molecule has 0 aromatic heterocycles. The standard InChI is InChI=1S/C16H19N3O/c1-12-4-3-5-15(10-12)19-16(20)18-14-8-6-13(7-9-14)11-17-2/h3-10,17H,11H2,1-2H3,(H2,18,19,20). The van der Waals surface area contributed by atoms with Crippen LogP contribution in [0.15, 0.2) is 48.5 Å². The Morgan fingerprint density at radius 1 is 1.00 bits per heavy atom. The van der Waals surface area contributed by atoms with Gasteiger partial charge in [-0.25, -0.2) is 4.79 Å². The summed E-state index contributed by atoms with van der Waals surface area (Å²) < 4.78 is 0. The average molecular weight is 269 g/mol. The van der Waals surface area contributed by atoms with E-state index in [1.165, 1.54) is 5.56 Å². The van der Waals surface area contributed by atoms with Crippen LogP contribution >= 0.6 is 0 Å². The Hall–Kier alpha value is -2.33. The number of rotatable bonds is 4. The molecule has 2 rings (SSSR count). The number of aryl methyl sites for hydroxylation is 1. The summed E-state index contributed by atoms with van der Waals surface area (Å²) in [4.78, 5) is 11.9. The number of anilines is 2. The van der Waals surface area contributed by atoms with Gasteiger partial charge in [-0.05, 0) is 49.4 Å². The van der Waals surface area contributed by atoms with Crippen LogP contribution in [-0.2, 0) is 6.54 Å². The van der Waals surface area contributed by atoms with Gasteiger partial charge in [-0.1, -0.05) is 24.3 Å². The lowest BCUT2D eigenvalue weighted by Crippen LogP contribution is -2.19. The molecule has 3 N–H and O–H groups in total. The topological polar surface area (TPSA) is 53.2 Å². The van der Waals surface area contributed by atoms with Gasteiger partial charge in [-0.3, -0.25) is 0 Å². The van der Waals surface area contributed by atoms with Crippen LogP contribution in [0.5, 0.6) is 0 Å². The van der Waals surface area contributed by atoms with Crippen molar-refractivity contribution in [2.45, 2.75) is 13.5 Å². The van der Waals surface area contributed by atoms with Gasteiger partial charge >= 0.3 is 6.03 Å². The molecule has 0 bridgehead atoms. The molecule has 0 aliphatic heterocycles. The monoisotopic (exact) mass is 269 g/mol. The van der Waals surface area contributed by atoms with Gasteiger partial charge in [0.2, 0.25) is 0 Å². The predicted molar refractivity (Wildman–Crippen MR) is 83.0 cm³/mol. The lowest BCUT2D eigenvalue weighted by atomic mass is 10.2. The van der Waals surface area contributed by atoms with Crippen LogP contribution in [-0.4, -0.2) is 13.1 Å². The molecule has 2 amide bonds. The number of carbonyl (C=O) groups is 1. The first-order valence-electron chi connectivity index (χ1n) is 6.55. The molecule has 0 saturated heterocycles. The number of hydrogen-bond donors (Lipinski definition) is 3. The van der Waals surface area contributed by atoms with Crippen molar-refractivity contribution in [3.05, 3.63) is 59.7 Å². The molecule has 0 radical (unpaired) electrons. The zero-order valence-corrected chi connectivity index (χ0v) is 11.7. The van der Waals surface area contributed by atoms with E-state index in [0.717, 1.165) is 23.5 Å². The number of hydrogen-bond acceptors (Lipinski definition) is 2. The second kappa shape index (κ2) is 6.73. The second-order valence-electron chi connectivity index (χ2n) is 4.68. The molecule has 0 aliphatic carbocycles. The first kappa shape index (κ1) is 14.1. The molecule has 0 aliphatic rings. The van der Waals surface area contributed by atoms with Crippen LogP contribution in [0.1, 0.15) is 11.1 Å². The minimum Gasteiger partial charge on any atom is -0.316 e. The van der Waals surface area contributed by atoms with Gasteiger partial charge in [0.15, 0.2) is 0 Å². The van der Waals surface area contributed by atoms with Gasteiger partial charge < -0.3 is 16.0 Å². The van der Waals surface area contributed by atoms with E-state index in [9.17, 15) is 4.79 Å². The Morgan fingerprint density at radius 3 is 2.35 bits per heavy atom. The van der Waals surface area contributed by atoms with Crippen molar-refractivity contribution in [2.24, 2.45) is 0 Å². The van der Waals surface area contributed by atoms with Crippen molar-refractivity contribution < 1.29 is 4.79 Å². The predicted octanol–water partition coefficient (Wildman–Crippen LogP) is 3.36. The molecule has 0 atom stereocenters. The zero-order chi connectivity index (χ0) is 14.4. The third-order valence-corrected chi connectivity index (χ3v) is 2.87. The zero-order valence-electron chi connectivity index (χ0n) is 11.7. The highest BCUT2D eigenvalue weighted by molar-refractivity contribution is 5.99. The van der Waals surface area contributed by atoms with Crippen LogP contribution in [0.2, 0.25) is 0 Å². The summed E-state index contributed by atoms with van der Waals surface area (Å²) in [6, 6.07) is 15.2. The fourth-order valence-electron chi connectivity index (χ4n) is 1.93. The molecule has 2 aromatic rings. The van der Waals surface area contributed by atoms with Gasteiger partial charge in [0, 0.05) is 17.9 Å². The highest BCUT2D eigenvalue weighted by Gasteiger charge is 2.02. The Balaban J connectivity index is 1.94. The van der Waals surface area contributed by atoms with Crippen LogP contribution in [0.3, 0.4) is 0 Å². The summed E-state index contributed by atoms with van der Waals surface area (Å²) in [5.74, 6) is 0. The Labute approximate surface area is 119 Å². The van der Waals surface area contributed by atoms with E-state index >= 15 is 0 Å². The third kappa shape index (κ3) is 4.10. The molecule has 4 heteroatoms. The minimum absolute atomic E-state index is 0.239. The number of amides is 2. The fraction of sp³-hybridized carbons (Fsp3) is 0.188. The van der Waals surface area contributed by atoms with E-state index in [4.69, 9.17) is 0 Å². The molecule has 2 aromatic carbocycles. The van der Waals surface area contributed by atoms with Crippen LogP contribution < -0.4 is 16.0 Å². The van der Waals surface area contributed by atoms with E-state index in [-0.39, 0.29) is 6.03 Å². The van der Waals surface area contributed by atoms with Crippen LogP contribution in [0.25, 0.3) is 0 Å². The van der Waals surface area contributed by atoms with E-state index in [2.05, 4.69) is 16.0 Å².